The summed E-state index contributed by atoms with van der Waals surface area (Å²) in [5.74, 6) is 0.581. The van der Waals surface area contributed by atoms with E-state index < -0.39 is 6.10 Å². The molecule has 0 aliphatic rings. The van der Waals surface area contributed by atoms with Crippen LogP contribution in [0.4, 0.5) is 0 Å². The molecule has 0 bridgehead atoms. The zero-order valence-electron chi connectivity index (χ0n) is 11.5. The maximum absolute atomic E-state index is 9.89. The van der Waals surface area contributed by atoms with Crippen LogP contribution in [0.15, 0.2) is 65.8 Å². The summed E-state index contributed by atoms with van der Waals surface area (Å²) < 4.78 is 7.11. The third kappa shape index (κ3) is 3.39. The Labute approximate surface area is 122 Å². The quantitative estimate of drug-likeness (QED) is 0.728. The van der Waals surface area contributed by atoms with Gasteiger partial charge in [-0.1, -0.05) is 12.1 Å². The standard InChI is InChI=1S/C16H17N3O2/c20-15(16-2-1-9-21-16)11-18-10-13-3-5-14(6-4-13)19-8-7-17-12-19/h1-9,12,15,18,20H,10-11H2. The number of aliphatic hydroxyl groups excluding tert-OH is 1. The summed E-state index contributed by atoms with van der Waals surface area (Å²) in [5.41, 5.74) is 2.23. The summed E-state index contributed by atoms with van der Waals surface area (Å²) in [6, 6.07) is 11.7. The minimum Gasteiger partial charge on any atom is -0.467 e. The number of nitrogens with one attached hydrogen (secondary N) is 1. The van der Waals surface area contributed by atoms with Gasteiger partial charge in [0.05, 0.1) is 12.6 Å². The molecule has 2 N–H and O–H groups in total. The number of furan rings is 1. The zero-order valence-corrected chi connectivity index (χ0v) is 11.5. The van der Waals surface area contributed by atoms with Crippen LogP contribution < -0.4 is 5.32 Å². The summed E-state index contributed by atoms with van der Waals surface area (Å²) in [7, 11) is 0. The summed E-state index contributed by atoms with van der Waals surface area (Å²) in [5, 5.41) is 13.1. The van der Waals surface area contributed by atoms with Crippen LogP contribution in [0.5, 0.6) is 0 Å². The second-order valence-electron chi connectivity index (χ2n) is 4.80. The van der Waals surface area contributed by atoms with Crippen molar-refractivity contribution in [3.63, 3.8) is 0 Å². The number of hydrogen-bond acceptors (Lipinski definition) is 4. The van der Waals surface area contributed by atoms with E-state index in [1.165, 1.54) is 0 Å². The van der Waals surface area contributed by atoms with Crippen molar-refractivity contribution in [3.05, 3.63) is 72.7 Å². The molecule has 0 aliphatic carbocycles. The number of hydrogen-bond donors (Lipinski definition) is 2. The molecule has 0 aliphatic heterocycles. The summed E-state index contributed by atoms with van der Waals surface area (Å²) in [6.45, 7) is 1.15. The van der Waals surface area contributed by atoms with Gasteiger partial charge in [-0.15, -0.1) is 0 Å². The van der Waals surface area contributed by atoms with Gasteiger partial charge in [0.25, 0.3) is 0 Å². The van der Waals surface area contributed by atoms with Gasteiger partial charge in [-0.05, 0) is 29.8 Å². The maximum atomic E-state index is 9.89. The largest absolute Gasteiger partial charge is 0.467 e. The van der Waals surface area contributed by atoms with E-state index in [9.17, 15) is 5.11 Å². The molecule has 2 heterocycles. The van der Waals surface area contributed by atoms with Crippen molar-refractivity contribution < 1.29 is 9.52 Å². The predicted octanol–water partition coefficient (Wildman–Crippen LogP) is 2.29. The molecule has 3 rings (SSSR count). The molecule has 1 unspecified atom stereocenters. The summed E-state index contributed by atoms with van der Waals surface area (Å²) in [4.78, 5) is 4.03. The molecular formula is C16H17N3O2. The lowest BCUT2D eigenvalue weighted by molar-refractivity contribution is 0.147. The minimum absolute atomic E-state index is 0.455. The van der Waals surface area contributed by atoms with Gasteiger partial charge < -0.3 is 19.4 Å². The van der Waals surface area contributed by atoms with Crippen LogP contribution >= 0.6 is 0 Å². The van der Waals surface area contributed by atoms with Crippen molar-refractivity contribution in [3.8, 4) is 5.69 Å². The Morgan fingerprint density at radius 1 is 1.24 bits per heavy atom. The van der Waals surface area contributed by atoms with Gasteiger partial charge in [0.2, 0.25) is 0 Å². The molecule has 5 nitrogen and oxygen atoms in total. The van der Waals surface area contributed by atoms with Crippen LogP contribution in [-0.4, -0.2) is 21.2 Å². The zero-order chi connectivity index (χ0) is 14.5. The smallest absolute Gasteiger partial charge is 0.133 e. The average molecular weight is 283 g/mol. The molecule has 2 aromatic heterocycles. The number of aromatic nitrogens is 2. The topological polar surface area (TPSA) is 63.2 Å². The molecule has 0 spiro atoms. The third-order valence-corrected chi connectivity index (χ3v) is 3.28. The van der Waals surface area contributed by atoms with E-state index in [0.29, 0.717) is 18.8 Å². The molecule has 0 radical (unpaired) electrons. The SMILES string of the molecule is OC(CNCc1ccc(-n2ccnc2)cc1)c1ccco1. The van der Waals surface area contributed by atoms with E-state index in [4.69, 9.17) is 4.42 Å². The lowest BCUT2D eigenvalue weighted by Crippen LogP contribution is -2.20. The van der Waals surface area contributed by atoms with Crippen LogP contribution in [0.1, 0.15) is 17.4 Å². The number of nitrogens with zero attached hydrogens (tertiary/aromatic N) is 2. The first-order valence-electron chi connectivity index (χ1n) is 6.82. The van der Waals surface area contributed by atoms with Crippen LogP contribution in [0, 0.1) is 0 Å². The number of benzene rings is 1. The van der Waals surface area contributed by atoms with Gasteiger partial charge in [0.1, 0.15) is 11.9 Å². The summed E-state index contributed by atoms with van der Waals surface area (Å²) in [6.07, 6.45) is 6.38. The highest BCUT2D eigenvalue weighted by Crippen LogP contribution is 2.12. The Hall–Kier alpha value is -2.37. The molecule has 1 atom stereocenters. The van der Waals surface area contributed by atoms with E-state index in [1.54, 1.807) is 30.9 Å². The van der Waals surface area contributed by atoms with Gasteiger partial charge in [-0.2, -0.15) is 0 Å². The molecule has 0 amide bonds. The van der Waals surface area contributed by atoms with Crippen molar-refractivity contribution in [2.75, 3.05) is 6.54 Å². The Balaban J connectivity index is 1.52. The van der Waals surface area contributed by atoms with Gasteiger partial charge in [0.15, 0.2) is 0 Å². The van der Waals surface area contributed by atoms with Crippen molar-refractivity contribution in [1.82, 2.24) is 14.9 Å². The number of imidazole rings is 1. The lowest BCUT2D eigenvalue weighted by atomic mass is 10.2. The predicted molar refractivity (Wildman–Crippen MR) is 78.9 cm³/mol. The Morgan fingerprint density at radius 2 is 2.10 bits per heavy atom. The highest BCUT2D eigenvalue weighted by molar-refractivity contribution is 5.34. The fraction of sp³-hybridized carbons (Fsp3) is 0.188. The second-order valence-corrected chi connectivity index (χ2v) is 4.80. The van der Waals surface area contributed by atoms with E-state index in [0.717, 1.165) is 11.3 Å². The summed E-state index contributed by atoms with van der Waals surface area (Å²) >= 11 is 0. The van der Waals surface area contributed by atoms with Crippen molar-refractivity contribution >= 4 is 0 Å². The molecule has 3 aromatic rings. The fourth-order valence-corrected chi connectivity index (χ4v) is 2.13. The van der Waals surface area contributed by atoms with Gasteiger partial charge >= 0.3 is 0 Å². The highest BCUT2D eigenvalue weighted by Gasteiger charge is 2.09. The number of rotatable bonds is 6. The van der Waals surface area contributed by atoms with E-state index >= 15 is 0 Å². The molecule has 21 heavy (non-hydrogen) atoms. The maximum Gasteiger partial charge on any atom is 0.133 e. The molecule has 1 aromatic carbocycles. The Morgan fingerprint density at radius 3 is 2.76 bits per heavy atom. The van der Waals surface area contributed by atoms with Crippen molar-refractivity contribution in [1.29, 1.82) is 0 Å². The second kappa shape index (κ2) is 6.39. The first-order chi connectivity index (χ1) is 10.3. The monoisotopic (exact) mass is 283 g/mol. The molecule has 0 saturated carbocycles. The van der Waals surface area contributed by atoms with Crippen LogP contribution in [0.3, 0.4) is 0 Å². The van der Waals surface area contributed by atoms with E-state index in [2.05, 4.69) is 22.4 Å². The molecule has 108 valence electrons. The van der Waals surface area contributed by atoms with Gasteiger partial charge in [0, 0.05) is 31.2 Å². The van der Waals surface area contributed by atoms with Gasteiger partial charge in [-0.3, -0.25) is 0 Å². The third-order valence-electron chi connectivity index (χ3n) is 3.28. The van der Waals surface area contributed by atoms with Crippen LogP contribution in [0.2, 0.25) is 0 Å². The molecular weight excluding hydrogens is 266 g/mol. The molecule has 0 fully saturated rings. The lowest BCUT2D eigenvalue weighted by Gasteiger charge is -2.10. The Bertz CT molecular complexity index is 645. The van der Waals surface area contributed by atoms with Gasteiger partial charge in [-0.25, -0.2) is 4.98 Å². The number of aliphatic hydroxyl groups is 1. The average Bonchev–Trinajstić information content (AvgIpc) is 3.21. The first kappa shape index (κ1) is 13.6. The normalized spacial score (nSPS) is 12.4. The van der Waals surface area contributed by atoms with Crippen molar-refractivity contribution in [2.45, 2.75) is 12.6 Å². The Kier molecular flexibility index (Phi) is 4.14. The van der Waals surface area contributed by atoms with Crippen molar-refractivity contribution in [2.24, 2.45) is 0 Å². The molecule has 0 saturated heterocycles. The molecule has 5 heteroatoms. The van der Waals surface area contributed by atoms with Crippen LogP contribution in [-0.2, 0) is 6.54 Å². The minimum atomic E-state index is -0.620. The van der Waals surface area contributed by atoms with Crippen LogP contribution in [0.25, 0.3) is 5.69 Å². The first-order valence-corrected chi connectivity index (χ1v) is 6.82. The van der Waals surface area contributed by atoms with E-state index in [1.807, 2.05) is 22.9 Å². The van der Waals surface area contributed by atoms with E-state index in [-0.39, 0.29) is 0 Å². The fourth-order valence-electron chi connectivity index (χ4n) is 2.13. The highest BCUT2D eigenvalue weighted by atomic mass is 16.4.